The molecule has 7 nitrogen and oxygen atoms in total. The highest BCUT2D eigenvalue weighted by Crippen LogP contribution is 2.27. The number of hydrogen-bond acceptors (Lipinski definition) is 7. The van der Waals surface area contributed by atoms with Gasteiger partial charge in [-0.05, 0) is 34.6 Å². The van der Waals surface area contributed by atoms with E-state index < -0.39 is 10.1 Å². The normalized spacial score (nSPS) is 11.0. The summed E-state index contributed by atoms with van der Waals surface area (Å²) in [6.45, 7) is -0.364. The second-order valence-electron chi connectivity index (χ2n) is 4.02. The molecule has 0 radical (unpaired) electrons. The topological polar surface area (TPSA) is 102 Å². The van der Waals surface area contributed by atoms with E-state index in [2.05, 4.69) is 10.4 Å². The van der Waals surface area contributed by atoms with Gasteiger partial charge < -0.3 is 0 Å². The van der Waals surface area contributed by atoms with Gasteiger partial charge in [0.1, 0.15) is 11.4 Å². The van der Waals surface area contributed by atoms with Crippen LogP contribution in [0.4, 0.5) is 11.4 Å². The second-order valence-corrected chi connectivity index (χ2v) is 5.64. The van der Waals surface area contributed by atoms with Crippen LogP contribution >= 0.6 is 0 Å². The van der Waals surface area contributed by atoms with E-state index in [-0.39, 0.29) is 28.4 Å². The molecule has 0 saturated carbocycles. The van der Waals surface area contributed by atoms with Crippen molar-refractivity contribution in [3.63, 3.8) is 0 Å². The van der Waals surface area contributed by atoms with Gasteiger partial charge in [-0.2, -0.15) is 8.42 Å². The van der Waals surface area contributed by atoms with Crippen molar-refractivity contribution in [2.24, 2.45) is 10.4 Å². The van der Waals surface area contributed by atoms with Crippen LogP contribution in [-0.2, 0) is 20.9 Å². The zero-order valence-electron chi connectivity index (χ0n) is 10.7. The van der Waals surface area contributed by atoms with Crippen LogP contribution in [0.3, 0.4) is 0 Å². The predicted octanol–water partition coefficient (Wildman–Crippen LogP) is 3.39. The van der Waals surface area contributed by atoms with E-state index in [0.29, 0.717) is 0 Å². The molecule has 21 heavy (non-hydrogen) atoms. The zero-order chi connectivity index (χ0) is 15.3. The lowest BCUT2D eigenvalue weighted by Gasteiger charge is -2.07. The average molecular weight is 306 g/mol. The molecule has 0 spiro atoms. The number of rotatable bonds is 6. The maximum Gasteiger partial charge on any atom is 0.297 e. The molecule has 0 saturated heterocycles. The van der Waals surface area contributed by atoms with Crippen LogP contribution in [0, 0.1) is 9.81 Å². The van der Waals surface area contributed by atoms with Crippen LogP contribution in [-0.4, -0.2) is 8.42 Å². The molecule has 0 aliphatic carbocycles. The summed E-state index contributed by atoms with van der Waals surface area (Å²) in [7, 11) is -3.93. The maximum atomic E-state index is 11.9. The molecule has 0 aromatic heterocycles. The third kappa shape index (κ3) is 3.56. The smallest absolute Gasteiger partial charge is 0.261 e. The average Bonchev–Trinajstić information content (AvgIpc) is 2.53. The summed E-state index contributed by atoms with van der Waals surface area (Å²) in [5.74, 6) is 0. The molecule has 0 unspecified atom stereocenters. The first-order valence-electron chi connectivity index (χ1n) is 5.81. The van der Waals surface area contributed by atoms with Gasteiger partial charge in [0.2, 0.25) is 0 Å². The predicted molar refractivity (Wildman–Crippen MR) is 75.8 cm³/mol. The molecule has 0 heterocycles. The van der Waals surface area contributed by atoms with Gasteiger partial charge in [0.25, 0.3) is 10.1 Å². The summed E-state index contributed by atoms with van der Waals surface area (Å²) in [5.41, 5.74) is 0.187. The van der Waals surface area contributed by atoms with Crippen LogP contribution in [0.1, 0.15) is 5.56 Å². The van der Waals surface area contributed by atoms with Crippen molar-refractivity contribution in [2.45, 2.75) is 11.5 Å². The van der Waals surface area contributed by atoms with E-state index in [0.717, 1.165) is 6.07 Å². The molecule has 2 rings (SSSR count). The molecular weight excluding hydrogens is 296 g/mol. The molecule has 0 bridgehead atoms. The van der Waals surface area contributed by atoms with Crippen LogP contribution in [0.5, 0.6) is 0 Å². The Morgan fingerprint density at radius 1 is 0.952 bits per heavy atom. The Balaban J connectivity index is 2.20. The summed E-state index contributed by atoms with van der Waals surface area (Å²) >= 11 is 0. The molecule has 0 atom stereocenters. The first kappa shape index (κ1) is 14.9. The third-order valence-corrected chi connectivity index (χ3v) is 3.95. The van der Waals surface area contributed by atoms with Gasteiger partial charge in [-0.3, -0.25) is 4.18 Å². The van der Waals surface area contributed by atoms with E-state index in [1.54, 1.807) is 18.2 Å². The standard InChI is InChI=1S/C13H10N2O5S/c16-14-11-7-6-10(13(8-11)15-17)9-20-21(18,19)12-4-2-1-3-5-12/h1-8H,9H2. The molecule has 0 fully saturated rings. The molecule has 108 valence electrons. The lowest BCUT2D eigenvalue weighted by Crippen LogP contribution is -2.06. The molecular formula is C13H10N2O5S. The van der Waals surface area contributed by atoms with Crippen LogP contribution < -0.4 is 0 Å². The molecule has 0 N–H and O–H groups in total. The van der Waals surface area contributed by atoms with E-state index in [1.165, 1.54) is 24.3 Å². The van der Waals surface area contributed by atoms with E-state index >= 15 is 0 Å². The fourth-order valence-electron chi connectivity index (χ4n) is 1.61. The molecule has 8 heteroatoms. The summed E-state index contributed by atoms with van der Waals surface area (Å²) in [5, 5.41) is 5.40. The number of nitrogens with zero attached hydrogens (tertiary/aromatic N) is 2. The van der Waals surface area contributed by atoms with Gasteiger partial charge >= 0.3 is 0 Å². The van der Waals surface area contributed by atoms with Crippen LogP contribution in [0.25, 0.3) is 0 Å². The quantitative estimate of drug-likeness (QED) is 0.601. The third-order valence-electron chi connectivity index (χ3n) is 2.67. The highest BCUT2D eigenvalue weighted by molar-refractivity contribution is 7.86. The highest BCUT2D eigenvalue weighted by Gasteiger charge is 2.16. The van der Waals surface area contributed by atoms with E-state index in [1.807, 2.05) is 0 Å². The molecule has 2 aromatic rings. The largest absolute Gasteiger partial charge is 0.297 e. The van der Waals surface area contributed by atoms with Crippen LogP contribution in [0.2, 0.25) is 0 Å². The lowest BCUT2D eigenvalue weighted by molar-refractivity contribution is 0.308. The fraction of sp³-hybridized carbons (Fsp3) is 0.0769. The van der Waals surface area contributed by atoms with Gasteiger partial charge in [-0.1, -0.05) is 24.3 Å². The van der Waals surface area contributed by atoms with Gasteiger partial charge in [0.05, 0.1) is 11.5 Å². The van der Waals surface area contributed by atoms with Crippen molar-refractivity contribution < 1.29 is 12.6 Å². The van der Waals surface area contributed by atoms with Gasteiger partial charge in [-0.25, -0.2) is 0 Å². The number of nitroso groups, excluding NO2 is 2. The SMILES string of the molecule is O=Nc1ccc(COS(=O)(=O)c2ccccc2)c(N=O)c1. The molecule has 0 aliphatic heterocycles. The van der Waals surface area contributed by atoms with Gasteiger partial charge in [0.15, 0.2) is 0 Å². The van der Waals surface area contributed by atoms with E-state index in [4.69, 9.17) is 4.18 Å². The van der Waals surface area contributed by atoms with Crippen molar-refractivity contribution >= 4 is 21.5 Å². The van der Waals surface area contributed by atoms with Crippen molar-refractivity contribution in [3.8, 4) is 0 Å². The Kier molecular flexibility index (Phi) is 4.51. The monoisotopic (exact) mass is 306 g/mol. The second kappa shape index (κ2) is 6.33. The van der Waals surface area contributed by atoms with E-state index in [9.17, 15) is 18.2 Å². The van der Waals surface area contributed by atoms with Crippen molar-refractivity contribution in [1.82, 2.24) is 0 Å². The van der Waals surface area contributed by atoms with Crippen LogP contribution in [0.15, 0.2) is 63.8 Å². The number of benzene rings is 2. The Hall–Kier alpha value is -2.45. The first-order chi connectivity index (χ1) is 10.1. The molecule has 0 aliphatic rings. The zero-order valence-corrected chi connectivity index (χ0v) is 11.5. The first-order valence-corrected chi connectivity index (χ1v) is 7.22. The minimum Gasteiger partial charge on any atom is -0.261 e. The highest BCUT2D eigenvalue weighted by atomic mass is 32.2. The molecule has 2 aromatic carbocycles. The van der Waals surface area contributed by atoms with Gasteiger partial charge in [0, 0.05) is 5.56 Å². The molecule has 0 amide bonds. The maximum absolute atomic E-state index is 11.9. The van der Waals surface area contributed by atoms with Gasteiger partial charge in [-0.15, -0.1) is 9.81 Å². The summed E-state index contributed by atoms with van der Waals surface area (Å²) in [6.07, 6.45) is 0. The Bertz CT molecular complexity index is 759. The number of hydrogen-bond donors (Lipinski definition) is 0. The van der Waals surface area contributed by atoms with Crippen molar-refractivity contribution in [3.05, 3.63) is 63.9 Å². The summed E-state index contributed by atoms with van der Waals surface area (Å²) in [6, 6.07) is 11.5. The fourth-order valence-corrected chi connectivity index (χ4v) is 2.52. The van der Waals surface area contributed by atoms with Crippen molar-refractivity contribution in [2.75, 3.05) is 0 Å². The minimum atomic E-state index is -3.93. The summed E-state index contributed by atoms with van der Waals surface area (Å²) < 4.78 is 28.7. The Morgan fingerprint density at radius 3 is 2.29 bits per heavy atom. The minimum absolute atomic E-state index is 0.0109. The lowest BCUT2D eigenvalue weighted by atomic mass is 10.2. The Morgan fingerprint density at radius 2 is 1.67 bits per heavy atom. The summed E-state index contributed by atoms with van der Waals surface area (Å²) in [4.78, 5) is 21.1. The van der Waals surface area contributed by atoms with Crippen molar-refractivity contribution in [1.29, 1.82) is 0 Å². The Labute approximate surface area is 120 Å².